The van der Waals surface area contributed by atoms with E-state index in [1.165, 1.54) is 12.8 Å². The molecule has 8 heteroatoms. The van der Waals surface area contributed by atoms with Gasteiger partial charge in [0, 0.05) is 17.5 Å². The summed E-state index contributed by atoms with van der Waals surface area (Å²) in [7, 11) is 0. The molecule has 0 aliphatic rings. The highest BCUT2D eigenvalue weighted by Gasteiger charge is 2.34. The molecule has 0 aliphatic carbocycles. The van der Waals surface area contributed by atoms with Gasteiger partial charge in [0.1, 0.15) is 5.82 Å². The first-order chi connectivity index (χ1) is 13.0. The van der Waals surface area contributed by atoms with Gasteiger partial charge in [0.25, 0.3) is 0 Å². The van der Waals surface area contributed by atoms with Crippen molar-refractivity contribution in [2.45, 2.75) is 59.1 Å². The van der Waals surface area contributed by atoms with Gasteiger partial charge in [-0.05, 0) is 37.8 Å². The average molecular weight is 402 g/mol. The van der Waals surface area contributed by atoms with Crippen LogP contribution in [0.1, 0.15) is 74.5 Å². The second kappa shape index (κ2) is 10.2. The molecule has 4 nitrogen and oxygen atoms in total. The normalized spacial score (nSPS) is 12.5. The molecule has 0 saturated carbocycles. The van der Waals surface area contributed by atoms with Crippen molar-refractivity contribution < 1.29 is 26.9 Å². The van der Waals surface area contributed by atoms with Crippen LogP contribution in [0.4, 0.5) is 23.4 Å². The minimum atomic E-state index is -4.72. The number of carbonyl (C=O) groups is 1. The maximum Gasteiger partial charge on any atom is 0.419 e. The summed E-state index contributed by atoms with van der Waals surface area (Å²) < 4.78 is 53.9. The van der Waals surface area contributed by atoms with Crippen LogP contribution < -0.4 is 5.73 Å². The number of alkyl halides is 3. The van der Waals surface area contributed by atoms with E-state index < -0.39 is 23.3 Å². The summed E-state index contributed by atoms with van der Waals surface area (Å²) in [5.41, 5.74) is 5.07. The Hall–Kier alpha value is -2.38. The van der Waals surface area contributed by atoms with Crippen LogP contribution in [0.25, 0.3) is 0 Å². The van der Waals surface area contributed by atoms with Crippen LogP contribution in [0, 0.1) is 11.7 Å². The highest BCUT2D eigenvalue weighted by atomic mass is 19.4. The summed E-state index contributed by atoms with van der Waals surface area (Å²) in [6.07, 6.45) is -1.23. The van der Waals surface area contributed by atoms with Gasteiger partial charge in [0.05, 0.1) is 11.3 Å². The Morgan fingerprint density at radius 3 is 2.25 bits per heavy atom. The number of ketones is 1. The lowest BCUT2D eigenvalue weighted by Gasteiger charge is -2.12. The molecule has 28 heavy (non-hydrogen) atoms. The predicted molar refractivity (Wildman–Crippen MR) is 99.4 cm³/mol. The monoisotopic (exact) mass is 402 g/mol. The molecule has 0 radical (unpaired) electrons. The summed E-state index contributed by atoms with van der Waals surface area (Å²) in [5, 5.41) is 3.96. The van der Waals surface area contributed by atoms with E-state index in [0.29, 0.717) is 23.9 Å². The van der Waals surface area contributed by atoms with E-state index in [4.69, 9.17) is 10.3 Å². The van der Waals surface area contributed by atoms with Gasteiger partial charge in [-0.15, -0.1) is 0 Å². The molecule has 1 atom stereocenters. The van der Waals surface area contributed by atoms with Crippen molar-refractivity contribution in [2.24, 2.45) is 5.92 Å². The molecule has 1 aromatic carbocycles. The minimum Gasteiger partial charge on any atom is -0.368 e. The SMILES string of the molecule is CC(=O)c1ccc(C(F)(F)F)c(F)c1.CCC(CCC(C)C)c1cc(N)on1. The quantitative estimate of drug-likeness (QED) is 0.459. The van der Waals surface area contributed by atoms with Crippen molar-refractivity contribution in [3.05, 3.63) is 46.9 Å². The molecule has 0 bridgehead atoms. The van der Waals surface area contributed by atoms with E-state index in [0.717, 1.165) is 31.0 Å². The van der Waals surface area contributed by atoms with Gasteiger partial charge in [0.2, 0.25) is 5.88 Å². The maximum atomic E-state index is 12.8. The highest BCUT2D eigenvalue weighted by molar-refractivity contribution is 5.94. The van der Waals surface area contributed by atoms with Crippen LogP contribution in [0.15, 0.2) is 28.8 Å². The number of carbonyl (C=O) groups excluding carboxylic acids is 1. The lowest BCUT2D eigenvalue weighted by molar-refractivity contribution is -0.140. The largest absolute Gasteiger partial charge is 0.419 e. The number of hydrogen-bond donors (Lipinski definition) is 1. The van der Waals surface area contributed by atoms with E-state index in [1.54, 1.807) is 0 Å². The molecule has 1 heterocycles. The zero-order valence-corrected chi connectivity index (χ0v) is 16.4. The molecular formula is C20H26F4N2O2. The molecule has 2 aromatic rings. The van der Waals surface area contributed by atoms with Crippen molar-refractivity contribution in [1.29, 1.82) is 0 Å². The van der Waals surface area contributed by atoms with Gasteiger partial charge in [-0.2, -0.15) is 13.2 Å². The van der Waals surface area contributed by atoms with Gasteiger partial charge < -0.3 is 10.3 Å². The number of benzene rings is 1. The van der Waals surface area contributed by atoms with E-state index in [-0.39, 0.29) is 5.56 Å². The highest BCUT2D eigenvalue weighted by Crippen LogP contribution is 2.31. The Morgan fingerprint density at radius 2 is 1.86 bits per heavy atom. The van der Waals surface area contributed by atoms with Crippen LogP contribution in [-0.4, -0.2) is 10.9 Å². The lowest BCUT2D eigenvalue weighted by Crippen LogP contribution is -2.09. The zero-order chi connectivity index (χ0) is 21.5. The van der Waals surface area contributed by atoms with Gasteiger partial charge in [-0.3, -0.25) is 4.79 Å². The van der Waals surface area contributed by atoms with Gasteiger partial charge >= 0.3 is 6.18 Å². The Kier molecular flexibility index (Phi) is 8.65. The molecule has 0 saturated heterocycles. The lowest BCUT2D eigenvalue weighted by atomic mass is 9.93. The smallest absolute Gasteiger partial charge is 0.368 e. The molecule has 0 spiro atoms. The number of hydrogen-bond acceptors (Lipinski definition) is 4. The van der Waals surface area contributed by atoms with Gasteiger partial charge in [-0.25, -0.2) is 4.39 Å². The average Bonchev–Trinajstić information content (AvgIpc) is 3.00. The Bertz CT molecular complexity index is 770. The fourth-order valence-corrected chi connectivity index (χ4v) is 2.56. The first-order valence-corrected chi connectivity index (χ1v) is 9.05. The van der Waals surface area contributed by atoms with Crippen molar-refractivity contribution >= 4 is 11.7 Å². The van der Waals surface area contributed by atoms with E-state index in [1.807, 2.05) is 6.07 Å². The number of halogens is 4. The van der Waals surface area contributed by atoms with E-state index in [9.17, 15) is 22.4 Å². The number of nitrogens with zero attached hydrogens (tertiary/aromatic N) is 1. The molecule has 0 aliphatic heterocycles. The van der Waals surface area contributed by atoms with Gasteiger partial charge in [0.15, 0.2) is 5.78 Å². The zero-order valence-electron chi connectivity index (χ0n) is 16.4. The van der Waals surface area contributed by atoms with Crippen LogP contribution in [0.3, 0.4) is 0 Å². The first kappa shape index (κ1) is 23.7. The molecule has 0 fully saturated rings. The number of aromatic nitrogens is 1. The molecule has 0 amide bonds. The fourth-order valence-electron chi connectivity index (χ4n) is 2.56. The Labute approximate surface area is 162 Å². The first-order valence-electron chi connectivity index (χ1n) is 9.05. The number of nitrogens with two attached hydrogens (primary N) is 1. The summed E-state index contributed by atoms with van der Waals surface area (Å²) in [5.74, 6) is -0.238. The van der Waals surface area contributed by atoms with Crippen LogP contribution >= 0.6 is 0 Å². The molecule has 1 unspecified atom stereocenters. The third-order valence-electron chi connectivity index (χ3n) is 4.23. The van der Waals surface area contributed by atoms with E-state index >= 15 is 0 Å². The van der Waals surface area contributed by atoms with Crippen molar-refractivity contribution in [3.8, 4) is 0 Å². The molecule has 156 valence electrons. The van der Waals surface area contributed by atoms with E-state index in [2.05, 4.69) is 25.9 Å². The number of rotatable bonds is 6. The van der Waals surface area contributed by atoms with Crippen molar-refractivity contribution in [3.63, 3.8) is 0 Å². The van der Waals surface area contributed by atoms with Gasteiger partial charge in [-0.1, -0.05) is 38.4 Å². The van der Waals surface area contributed by atoms with Crippen LogP contribution in [0.2, 0.25) is 0 Å². The second-order valence-electron chi connectivity index (χ2n) is 6.98. The summed E-state index contributed by atoms with van der Waals surface area (Å²) in [4.78, 5) is 10.7. The summed E-state index contributed by atoms with van der Waals surface area (Å²) in [6, 6.07) is 3.94. The summed E-state index contributed by atoms with van der Waals surface area (Å²) >= 11 is 0. The third-order valence-corrected chi connectivity index (χ3v) is 4.23. The van der Waals surface area contributed by atoms with Crippen molar-refractivity contribution in [2.75, 3.05) is 5.73 Å². The molecule has 2 rings (SSSR count). The van der Waals surface area contributed by atoms with Crippen LogP contribution in [0.5, 0.6) is 0 Å². The molecule has 1 aromatic heterocycles. The van der Waals surface area contributed by atoms with Crippen molar-refractivity contribution in [1.82, 2.24) is 5.16 Å². The molecule has 2 N–H and O–H groups in total. The standard InChI is InChI=1S/C11H20N2O.C9H6F4O/c1-4-9(6-5-8(2)3)10-7-11(12)14-13-10;1-5(14)6-2-3-7(8(10)4-6)9(11,12)13/h7-9H,4-6,12H2,1-3H3;2-4H,1H3. The topological polar surface area (TPSA) is 69.1 Å². The minimum absolute atomic E-state index is 0.0736. The third kappa shape index (κ3) is 7.32. The number of nitrogen functional groups attached to an aromatic ring is 1. The van der Waals surface area contributed by atoms with Crippen LogP contribution in [-0.2, 0) is 6.18 Å². The maximum absolute atomic E-state index is 12.8. The summed E-state index contributed by atoms with van der Waals surface area (Å²) in [6.45, 7) is 7.81. The number of Topliss-reactive ketones (excluding diaryl/α,β-unsaturated/α-hetero) is 1. The Morgan fingerprint density at radius 1 is 1.21 bits per heavy atom. The number of anilines is 1. The fraction of sp³-hybridized carbons (Fsp3) is 0.500. The predicted octanol–water partition coefficient (Wildman–Crippen LogP) is 6.23. The molecular weight excluding hydrogens is 376 g/mol. The Balaban J connectivity index is 0.000000280. The second-order valence-corrected chi connectivity index (χ2v) is 6.98.